The van der Waals surface area contributed by atoms with Gasteiger partial charge in [0.15, 0.2) is 15.8 Å². The van der Waals surface area contributed by atoms with Crippen molar-refractivity contribution in [3.8, 4) is 0 Å². The molecule has 30 heavy (non-hydrogen) atoms. The maximum Gasteiger partial charge on any atom is 0.191 e. The first-order valence-corrected chi connectivity index (χ1v) is 12.8. The summed E-state index contributed by atoms with van der Waals surface area (Å²) in [7, 11) is -3.01. The van der Waals surface area contributed by atoms with Crippen molar-refractivity contribution < 1.29 is 8.42 Å². The average molecular weight is 560 g/mol. The number of nitrogens with one attached hydrogen (secondary N) is 2. The molecule has 1 saturated carbocycles. The molecule has 0 bridgehead atoms. The summed E-state index contributed by atoms with van der Waals surface area (Å²) in [6, 6.07) is 18.2. The third-order valence-corrected chi connectivity index (χ3v) is 7.03. The second-order valence-corrected chi connectivity index (χ2v) is 11.2. The van der Waals surface area contributed by atoms with Gasteiger partial charge in [-0.1, -0.05) is 42.5 Å². The molecule has 0 heterocycles. The molecule has 1 aliphatic rings. The van der Waals surface area contributed by atoms with E-state index in [2.05, 4.69) is 41.8 Å². The van der Waals surface area contributed by atoms with Gasteiger partial charge in [-0.25, -0.2) is 13.4 Å². The molecule has 0 radical (unpaired) electrons. The predicted molar refractivity (Wildman–Crippen MR) is 137 cm³/mol. The topological polar surface area (TPSA) is 70.6 Å². The second kappa shape index (κ2) is 11.4. The molecule has 0 spiro atoms. The van der Waals surface area contributed by atoms with Gasteiger partial charge in [0.2, 0.25) is 0 Å². The first kappa shape index (κ1) is 25.0. The zero-order chi connectivity index (χ0) is 20.7. The van der Waals surface area contributed by atoms with Crippen LogP contribution in [0.5, 0.6) is 0 Å². The first-order chi connectivity index (χ1) is 13.9. The molecular weight excluding hydrogens is 529 g/mol. The van der Waals surface area contributed by atoms with E-state index in [1.807, 2.05) is 42.1 Å². The monoisotopic (exact) mass is 559 g/mol. The Bertz CT molecular complexity index is 929. The molecule has 0 amide bonds. The Hall–Kier alpha value is -1.26. The van der Waals surface area contributed by atoms with Crippen LogP contribution in [-0.4, -0.2) is 38.5 Å². The van der Waals surface area contributed by atoms with Gasteiger partial charge >= 0.3 is 0 Å². The van der Waals surface area contributed by atoms with Gasteiger partial charge < -0.3 is 10.6 Å². The van der Waals surface area contributed by atoms with Gasteiger partial charge in [-0.2, -0.15) is 0 Å². The SMILES string of the molecule is CCNC(=NCc1ccc(CS(C)(=O)=O)cc1)NCC1(Sc2ccccc2)CC1.I. The van der Waals surface area contributed by atoms with Gasteiger partial charge in [0.1, 0.15) is 0 Å². The summed E-state index contributed by atoms with van der Waals surface area (Å²) in [6.45, 7) is 4.29. The lowest BCUT2D eigenvalue weighted by Gasteiger charge is -2.18. The number of guanidine groups is 1. The molecule has 0 atom stereocenters. The standard InChI is InChI=1S/C22H29N3O2S2.HI/c1-3-23-21(24-15-18-9-11-19(12-10-18)16-29(2,26)27)25-17-22(13-14-22)28-20-7-5-4-6-8-20;/h4-12H,3,13-17H2,1-2H3,(H2,23,24,25);1H. The van der Waals surface area contributed by atoms with Crippen molar-refractivity contribution in [3.05, 3.63) is 65.7 Å². The van der Waals surface area contributed by atoms with E-state index in [0.717, 1.165) is 30.2 Å². The third kappa shape index (κ3) is 8.47. The highest BCUT2D eigenvalue weighted by molar-refractivity contribution is 14.0. The Morgan fingerprint density at radius 3 is 2.23 bits per heavy atom. The van der Waals surface area contributed by atoms with E-state index in [9.17, 15) is 8.42 Å². The first-order valence-electron chi connectivity index (χ1n) is 9.89. The van der Waals surface area contributed by atoms with Crippen LogP contribution < -0.4 is 10.6 Å². The molecule has 8 heteroatoms. The summed E-state index contributed by atoms with van der Waals surface area (Å²) in [4.78, 5) is 6.00. The van der Waals surface area contributed by atoms with Crippen LogP contribution in [-0.2, 0) is 22.1 Å². The van der Waals surface area contributed by atoms with Crippen LogP contribution in [0.2, 0.25) is 0 Å². The summed E-state index contributed by atoms with van der Waals surface area (Å²) in [5.74, 6) is 0.884. The molecule has 0 saturated heterocycles. The van der Waals surface area contributed by atoms with Crippen LogP contribution in [0.25, 0.3) is 0 Å². The van der Waals surface area contributed by atoms with E-state index < -0.39 is 9.84 Å². The van der Waals surface area contributed by atoms with Crippen molar-refractivity contribution >= 4 is 51.5 Å². The summed E-state index contributed by atoms with van der Waals surface area (Å²) < 4.78 is 23.1. The molecular formula is C22H30IN3O2S2. The normalized spacial score (nSPS) is 15.2. The molecule has 0 aromatic heterocycles. The van der Waals surface area contributed by atoms with Gasteiger partial charge in [0.25, 0.3) is 0 Å². The van der Waals surface area contributed by atoms with Gasteiger partial charge in [-0.15, -0.1) is 35.7 Å². The van der Waals surface area contributed by atoms with Crippen LogP contribution in [0.3, 0.4) is 0 Å². The Morgan fingerprint density at radius 2 is 1.67 bits per heavy atom. The molecule has 1 aliphatic carbocycles. The maximum absolute atomic E-state index is 11.4. The predicted octanol–water partition coefficient (Wildman–Crippen LogP) is 4.23. The van der Waals surface area contributed by atoms with Gasteiger partial charge in [0.05, 0.1) is 12.3 Å². The lowest BCUT2D eigenvalue weighted by Crippen LogP contribution is -2.41. The quantitative estimate of drug-likeness (QED) is 0.274. The minimum Gasteiger partial charge on any atom is -0.357 e. The number of rotatable bonds is 9. The van der Waals surface area contributed by atoms with Gasteiger partial charge in [-0.3, -0.25) is 0 Å². The number of hydrogen-bond donors (Lipinski definition) is 2. The number of sulfone groups is 1. The minimum absolute atomic E-state index is 0. The van der Waals surface area contributed by atoms with Crippen molar-refractivity contribution in [2.45, 2.75) is 41.7 Å². The Balaban J connectivity index is 0.00000320. The van der Waals surface area contributed by atoms with Crippen LogP contribution in [0, 0.1) is 0 Å². The highest BCUT2D eigenvalue weighted by Gasteiger charge is 2.43. The van der Waals surface area contributed by atoms with E-state index >= 15 is 0 Å². The van der Waals surface area contributed by atoms with E-state index in [1.165, 1.54) is 24.0 Å². The van der Waals surface area contributed by atoms with Crippen LogP contribution >= 0.6 is 35.7 Å². The Kier molecular flexibility index (Phi) is 9.49. The number of aliphatic imine (C=N–C) groups is 1. The number of benzene rings is 2. The molecule has 0 aliphatic heterocycles. The summed E-state index contributed by atoms with van der Waals surface area (Å²) in [5, 5.41) is 6.80. The maximum atomic E-state index is 11.4. The fraction of sp³-hybridized carbons (Fsp3) is 0.409. The van der Waals surface area contributed by atoms with Gasteiger partial charge in [0, 0.05) is 29.0 Å². The fourth-order valence-electron chi connectivity index (χ4n) is 2.99. The average Bonchev–Trinajstić information content (AvgIpc) is 3.44. The second-order valence-electron chi connectivity index (χ2n) is 7.53. The molecule has 2 aromatic rings. The largest absolute Gasteiger partial charge is 0.357 e. The van der Waals surface area contributed by atoms with E-state index in [0.29, 0.717) is 6.54 Å². The Morgan fingerprint density at radius 1 is 1.03 bits per heavy atom. The zero-order valence-electron chi connectivity index (χ0n) is 17.4. The number of hydrogen-bond acceptors (Lipinski definition) is 4. The smallest absolute Gasteiger partial charge is 0.191 e. The Labute approximate surface area is 201 Å². The number of halogens is 1. The van der Waals surface area contributed by atoms with Crippen LogP contribution in [0.15, 0.2) is 64.5 Å². The van der Waals surface area contributed by atoms with Crippen molar-refractivity contribution in [1.82, 2.24) is 10.6 Å². The molecule has 1 fully saturated rings. The molecule has 3 rings (SSSR count). The van der Waals surface area contributed by atoms with Crippen molar-refractivity contribution in [3.63, 3.8) is 0 Å². The third-order valence-electron chi connectivity index (χ3n) is 4.68. The van der Waals surface area contributed by atoms with Crippen molar-refractivity contribution in [1.29, 1.82) is 0 Å². The lowest BCUT2D eigenvalue weighted by molar-refractivity contribution is 0.601. The molecule has 0 unspecified atom stereocenters. The number of thioether (sulfide) groups is 1. The van der Waals surface area contributed by atoms with Crippen LogP contribution in [0.4, 0.5) is 0 Å². The lowest BCUT2D eigenvalue weighted by atomic mass is 10.1. The summed E-state index contributed by atoms with van der Waals surface area (Å²) in [5.41, 5.74) is 1.86. The summed E-state index contributed by atoms with van der Waals surface area (Å²) >= 11 is 1.94. The van der Waals surface area contributed by atoms with Gasteiger partial charge in [-0.05, 0) is 43.0 Å². The van der Waals surface area contributed by atoms with Crippen molar-refractivity contribution in [2.75, 3.05) is 19.3 Å². The van der Waals surface area contributed by atoms with E-state index in [4.69, 9.17) is 4.99 Å². The number of nitrogens with zero attached hydrogens (tertiary/aromatic N) is 1. The fourth-order valence-corrected chi connectivity index (χ4v) is 5.04. The molecule has 2 aromatic carbocycles. The highest BCUT2D eigenvalue weighted by atomic mass is 127. The van der Waals surface area contributed by atoms with E-state index in [1.54, 1.807) is 0 Å². The highest BCUT2D eigenvalue weighted by Crippen LogP contribution is 2.51. The molecule has 164 valence electrons. The minimum atomic E-state index is -3.01. The van der Waals surface area contributed by atoms with Crippen LogP contribution in [0.1, 0.15) is 30.9 Å². The molecule has 5 nitrogen and oxygen atoms in total. The summed E-state index contributed by atoms with van der Waals surface area (Å²) in [6.07, 6.45) is 3.67. The van der Waals surface area contributed by atoms with E-state index in [-0.39, 0.29) is 34.5 Å². The molecule has 2 N–H and O–H groups in total. The zero-order valence-corrected chi connectivity index (χ0v) is 21.4. The van der Waals surface area contributed by atoms with Crippen molar-refractivity contribution in [2.24, 2.45) is 4.99 Å².